The van der Waals surface area contributed by atoms with Crippen LogP contribution in [0, 0.1) is 13.8 Å². The van der Waals surface area contributed by atoms with Crippen LogP contribution in [-0.2, 0) is 11.3 Å². The van der Waals surface area contributed by atoms with Gasteiger partial charge in [0, 0.05) is 44.8 Å². The summed E-state index contributed by atoms with van der Waals surface area (Å²) >= 11 is 0. The minimum absolute atomic E-state index is 0.0625. The van der Waals surface area contributed by atoms with Crippen LogP contribution in [0.3, 0.4) is 0 Å². The monoisotopic (exact) mass is 386 g/mol. The minimum atomic E-state index is -0.290. The summed E-state index contributed by atoms with van der Waals surface area (Å²) in [6, 6.07) is 0.178. The number of nitrogens with one attached hydrogen (secondary N) is 1. The summed E-state index contributed by atoms with van der Waals surface area (Å²) in [6.07, 6.45) is 5.38. The maximum atomic E-state index is 12.7. The third-order valence-electron chi connectivity index (χ3n) is 4.91. The summed E-state index contributed by atoms with van der Waals surface area (Å²) < 4.78 is 6.55. The van der Waals surface area contributed by atoms with Gasteiger partial charge in [-0.25, -0.2) is 4.98 Å². The molecule has 1 saturated heterocycles. The number of hydrogen-bond acceptors (Lipinski definition) is 7. The lowest BCUT2D eigenvalue weighted by molar-refractivity contribution is -0.122. The topological polar surface area (TPSA) is 106 Å². The van der Waals surface area contributed by atoms with Crippen molar-refractivity contribution in [3.63, 3.8) is 0 Å². The lowest BCUT2D eigenvalue weighted by Crippen LogP contribution is -2.44. The third-order valence-corrected chi connectivity index (χ3v) is 4.91. The Kier molecular flexibility index (Phi) is 6.35. The Labute approximate surface area is 163 Å². The fourth-order valence-corrected chi connectivity index (χ4v) is 3.35. The molecule has 3 heterocycles. The van der Waals surface area contributed by atoms with E-state index in [9.17, 15) is 9.59 Å². The Morgan fingerprint density at radius 3 is 2.79 bits per heavy atom. The first-order valence-electron chi connectivity index (χ1n) is 9.47. The standard InChI is InChI=1S/C19H26N6O3/c1-4-8-24-9-5-15(6-10-24)22-17(26)7-11-25-14(3)20-12-16(19(25)27)18-21-13(2)23-28-18/h4,12,15H,1,5-11H2,2-3H3,(H,22,26). The molecule has 150 valence electrons. The molecule has 3 rings (SSSR count). The molecule has 0 atom stereocenters. The predicted molar refractivity (Wildman–Crippen MR) is 104 cm³/mol. The van der Waals surface area contributed by atoms with E-state index in [1.165, 1.54) is 10.8 Å². The molecule has 0 aliphatic carbocycles. The zero-order chi connectivity index (χ0) is 20.1. The minimum Gasteiger partial charge on any atom is -0.353 e. The molecule has 0 saturated carbocycles. The van der Waals surface area contributed by atoms with Crippen LogP contribution in [0.2, 0.25) is 0 Å². The van der Waals surface area contributed by atoms with Gasteiger partial charge >= 0.3 is 0 Å². The first kappa shape index (κ1) is 19.9. The van der Waals surface area contributed by atoms with Gasteiger partial charge in [-0.05, 0) is 26.7 Å². The average molecular weight is 386 g/mol. The van der Waals surface area contributed by atoms with Crippen LogP contribution in [0.4, 0.5) is 0 Å². The van der Waals surface area contributed by atoms with Gasteiger partial charge in [0.15, 0.2) is 5.82 Å². The van der Waals surface area contributed by atoms with E-state index in [1.807, 2.05) is 6.08 Å². The van der Waals surface area contributed by atoms with E-state index < -0.39 is 0 Å². The van der Waals surface area contributed by atoms with Crippen LogP contribution in [0.25, 0.3) is 11.5 Å². The second kappa shape index (κ2) is 8.92. The van der Waals surface area contributed by atoms with Gasteiger partial charge in [-0.1, -0.05) is 11.2 Å². The SMILES string of the molecule is C=CCN1CCC(NC(=O)CCn2c(C)ncc(-c3nc(C)no3)c2=O)CC1. The summed E-state index contributed by atoms with van der Waals surface area (Å²) in [4.78, 5) is 35.7. The molecule has 1 aliphatic heterocycles. The Morgan fingerprint density at radius 1 is 1.39 bits per heavy atom. The molecule has 1 amide bonds. The fraction of sp³-hybridized carbons (Fsp3) is 0.526. The van der Waals surface area contributed by atoms with Crippen molar-refractivity contribution in [2.24, 2.45) is 0 Å². The van der Waals surface area contributed by atoms with Gasteiger partial charge in [0.25, 0.3) is 11.4 Å². The van der Waals surface area contributed by atoms with Crippen molar-refractivity contribution in [1.29, 1.82) is 0 Å². The van der Waals surface area contributed by atoms with Crippen LogP contribution in [-0.4, -0.2) is 56.2 Å². The van der Waals surface area contributed by atoms with E-state index in [2.05, 4.69) is 31.9 Å². The molecule has 0 radical (unpaired) electrons. The summed E-state index contributed by atoms with van der Waals surface area (Å²) in [5, 5.41) is 6.78. The molecule has 1 fully saturated rings. The third kappa shape index (κ3) is 4.72. The molecule has 0 bridgehead atoms. The van der Waals surface area contributed by atoms with Crippen molar-refractivity contribution in [2.45, 2.75) is 45.7 Å². The normalized spacial score (nSPS) is 15.5. The lowest BCUT2D eigenvalue weighted by Gasteiger charge is -2.31. The van der Waals surface area contributed by atoms with Crippen molar-refractivity contribution >= 4 is 5.91 Å². The molecule has 28 heavy (non-hydrogen) atoms. The van der Waals surface area contributed by atoms with E-state index in [1.54, 1.807) is 13.8 Å². The number of carbonyl (C=O) groups is 1. The molecule has 1 aliphatic rings. The van der Waals surface area contributed by atoms with Gasteiger partial charge < -0.3 is 9.84 Å². The van der Waals surface area contributed by atoms with E-state index in [0.717, 1.165) is 32.5 Å². The highest BCUT2D eigenvalue weighted by Gasteiger charge is 2.20. The highest BCUT2D eigenvalue weighted by Crippen LogP contribution is 2.12. The molecular formula is C19H26N6O3. The number of carbonyl (C=O) groups excluding carboxylic acids is 1. The molecule has 9 nitrogen and oxygen atoms in total. The Bertz CT molecular complexity index is 895. The average Bonchev–Trinajstić information content (AvgIpc) is 3.09. The van der Waals surface area contributed by atoms with E-state index in [4.69, 9.17) is 4.52 Å². The molecule has 9 heteroatoms. The van der Waals surface area contributed by atoms with Gasteiger partial charge in [0.1, 0.15) is 11.4 Å². The van der Waals surface area contributed by atoms with Crippen LogP contribution in [0.1, 0.15) is 30.9 Å². The van der Waals surface area contributed by atoms with Crippen LogP contribution in [0.5, 0.6) is 0 Å². The molecule has 0 unspecified atom stereocenters. The Morgan fingerprint density at radius 2 is 2.14 bits per heavy atom. The lowest BCUT2D eigenvalue weighted by atomic mass is 10.0. The second-order valence-corrected chi connectivity index (χ2v) is 7.00. The number of nitrogens with zero attached hydrogens (tertiary/aromatic N) is 5. The Balaban J connectivity index is 1.59. The number of amides is 1. The summed E-state index contributed by atoms with van der Waals surface area (Å²) in [5.74, 6) is 1.06. The van der Waals surface area contributed by atoms with E-state index in [0.29, 0.717) is 11.6 Å². The molecule has 1 N–H and O–H groups in total. The number of piperidine rings is 1. The van der Waals surface area contributed by atoms with Gasteiger partial charge in [-0.15, -0.1) is 6.58 Å². The van der Waals surface area contributed by atoms with Gasteiger partial charge in [0.05, 0.1) is 0 Å². The quantitative estimate of drug-likeness (QED) is 0.709. The maximum Gasteiger partial charge on any atom is 0.266 e. The zero-order valence-corrected chi connectivity index (χ0v) is 16.3. The first-order chi connectivity index (χ1) is 13.5. The van der Waals surface area contributed by atoms with Crippen LogP contribution < -0.4 is 10.9 Å². The number of aromatic nitrogens is 4. The largest absolute Gasteiger partial charge is 0.353 e. The van der Waals surface area contributed by atoms with Crippen LogP contribution in [0.15, 0.2) is 28.2 Å². The molecule has 0 aromatic carbocycles. The number of likely N-dealkylation sites (tertiary alicyclic amines) is 1. The molecular weight excluding hydrogens is 360 g/mol. The number of hydrogen-bond donors (Lipinski definition) is 1. The van der Waals surface area contributed by atoms with Crippen molar-refractivity contribution < 1.29 is 9.32 Å². The maximum absolute atomic E-state index is 12.7. The van der Waals surface area contributed by atoms with Gasteiger partial charge in [0.2, 0.25) is 5.91 Å². The van der Waals surface area contributed by atoms with Crippen molar-refractivity contribution in [1.82, 2.24) is 29.9 Å². The molecule has 2 aromatic rings. The van der Waals surface area contributed by atoms with Gasteiger partial charge in [-0.2, -0.15) is 4.98 Å². The zero-order valence-electron chi connectivity index (χ0n) is 16.3. The van der Waals surface area contributed by atoms with Crippen LogP contribution >= 0.6 is 0 Å². The van der Waals surface area contributed by atoms with Crippen molar-refractivity contribution in [3.8, 4) is 11.5 Å². The Hall–Kier alpha value is -2.81. The fourth-order valence-electron chi connectivity index (χ4n) is 3.35. The smallest absolute Gasteiger partial charge is 0.266 e. The second-order valence-electron chi connectivity index (χ2n) is 7.00. The first-order valence-corrected chi connectivity index (χ1v) is 9.47. The van der Waals surface area contributed by atoms with E-state index in [-0.39, 0.29) is 41.9 Å². The van der Waals surface area contributed by atoms with Crippen molar-refractivity contribution in [2.75, 3.05) is 19.6 Å². The summed E-state index contributed by atoms with van der Waals surface area (Å²) in [6.45, 7) is 10.2. The van der Waals surface area contributed by atoms with E-state index >= 15 is 0 Å². The van der Waals surface area contributed by atoms with Crippen molar-refractivity contribution in [3.05, 3.63) is 40.9 Å². The predicted octanol–water partition coefficient (Wildman–Crippen LogP) is 1.07. The van der Waals surface area contributed by atoms with Gasteiger partial charge in [-0.3, -0.25) is 19.1 Å². The number of aryl methyl sites for hydroxylation is 2. The number of rotatable bonds is 7. The highest BCUT2D eigenvalue weighted by atomic mass is 16.5. The molecule has 0 spiro atoms. The molecule has 2 aromatic heterocycles. The summed E-state index contributed by atoms with van der Waals surface area (Å²) in [5.41, 5.74) is -0.0529. The summed E-state index contributed by atoms with van der Waals surface area (Å²) in [7, 11) is 0. The highest BCUT2D eigenvalue weighted by molar-refractivity contribution is 5.76.